The molecule has 1 aromatic heterocycles. The van der Waals surface area contributed by atoms with E-state index in [1.54, 1.807) is 13.1 Å². The zero-order valence-corrected chi connectivity index (χ0v) is 17.8. The van der Waals surface area contributed by atoms with E-state index in [9.17, 15) is 4.79 Å². The van der Waals surface area contributed by atoms with Crippen molar-refractivity contribution in [3.8, 4) is 11.4 Å². The maximum Gasteiger partial charge on any atom is 0.261 e. The fourth-order valence-corrected chi connectivity index (χ4v) is 3.22. The van der Waals surface area contributed by atoms with Crippen LogP contribution >= 0.6 is 0 Å². The normalized spacial score (nSPS) is 12.1. The molecule has 1 heterocycles. The molecule has 0 spiro atoms. The first-order valence-electron chi connectivity index (χ1n) is 9.99. The molecule has 0 fully saturated rings. The Kier molecular flexibility index (Phi) is 6.37. The van der Waals surface area contributed by atoms with Crippen molar-refractivity contribution in [3.05, 3.63) is 77.4 Å². The van der Waals surface area contributed by atoms with Gasteiger partial charge >= 0.3 is 0 Å². The highest BCUT2D eigenvalue weighted by Crippen LogP contribution is 2.28. The summed E-state index contributed by atoms with van der Waals surface area (Å²) in [5, 5.41) is 2.96. The van der Waals surface area contributed by atoms with E-state index in [0.29, 0.717) is 12.5 Å². The molecule has 152 valence electrons. The average molecular weight is 392 g/mol. The minimum absolute atomic E-state index is 0.129. The Morgan fingerprint density at radius 1 is 1.10 bits per heavy atom. The number of carbonyl (C=O) groups is 1. The molecule has 0 radical (unpaired) electrons. The van der Waals surface area contributed by atoms with Crippen LogP contribution in [0.5, 0.6) is 5.75 Å². The predicted octanol–water partition coefficient (Wildman–Crippen LogP) is 4.70. The Hall–Kier alpha value is -3.08. The zero-order valence-electron chi connectivity index (χ0n) is 17.8. The Morgan fingerprint density at radius 2 is 1.83 bits per heavy atom. The van der Waals surface area contributed by atoms with Crippen LogP contribution in [0.2, 0.25) is 0 Å². The van der Waals surface area contributed by atoms with Crippen molar-refractivity contribution < 1.29 is 9.53 Å². The molecule has 0 unspecified atom stereocenters. The molecule has 5 nitrogen and oxygen atoms in total. The second-order valence-electron chi connectivity index (χ2n) is 7.68. The van der Waals surface area contributed by atoms with Crippen LogP contribution in [0.25, 0.3) is 5.69 Å². The summed E-state index contributed by atoms with van der Waals surface area (Å²) in [5.41, 5.74) is 4.31. The fraction of sp³-hybridized carbons (Fsp3) is 0.333. The number of imidazole rings is 1. The summed E-state index contributed by atoms with van der Waals surface area (Å²) in [4.78, 5) is 16.8. The summed E-state index contributed by atoms with van der Waals surface area (Å²) in [5.74, 6) is 1.92. The van der Waals surface area contributed by atoms with Crippen LogP contribution in [-0.4, -0.2) is 21.6 Å². The second-order valence-corrected chi connectivity index (χ2v) is 7.68. The van der Waals surface area contributed by atoms with Gasteiger partial charge in [-0.1, -0.05) is 38.1 Å². The maximum absolute atomic E-state index is 12.5. The van der Waals surface area contributed by atoms with E-state index in [1.165, 1.54) is 0 Å². The number of hydrogen-bond donors (Lipinski definition) is 1. The minimum Gasteiger partial charge on any atom is -0.481 e. The van der Waals surface area contributed by atoms with E-state index >= 15 is 0 Å². The highest BCUT2D eigenvalue weighted by Gasteiger charge is 2.17. The van der Waals surface area contributed by atoms with Gasteiger partial charge in [0.1, 0.15) is 11.6 Å². The van der Waals surface area contributed by atoms with E-state index < -0.39 is 6.10 Å². The fourth-order valence-electron chi connectivity index (χ4n) is 3.22. The quantitative estimate of drug-likeness (QED) is 0.635. The molecule has 5 heteroatoms. The summed E-state index contributed by atoms with van der Waals surface area (Å²) >= 11 is 0. The first-order chi connectivity index (χ1) is 13.8. The molecular formula is C24H29N3O2. The third-order valence-electron chi connectivity index (χ3n) is 4.97. The number of ether oxygens (including phenoxy) is 1. The van der Waals surface area contributed by atoms with Crippen LogP contribution < -0.4 is 10.1 Å². The summed E-state index contributed by atoms with van der Waals surface area (Å²) in [7, 11) is 0. The van der Waals surface area contributed by atoms with Crippen molar-refractivity contribution in [1.82, 2.24) is 14.9 Å². The van der Waals surface area contributed by atoms with Crippen molar-refractivity contribution in [2.75, 3.05) is 0 Å². The Morgan fingerprint density at radius 3 is 2.45 bits per heavy atom. The van der Waals surface area contributed by atoms with Crippen LogP contribution in [0.15, 0.2) is 54.9 Å². The standard InChI is InChI=1S/C24H29N3O2/c1-16(2)22-11-6-17(3)14-23(22)29-18(4)24(28)26-15-20-7-9-21(10-8-20)27-13-12-25-19(27)5/h6-14,16,18H,15H2,1-5H3,(H,26,28)/t18-/m0/s1. The lowest BCUT2D eigenvalue weighted by Gasteiger charge is -2.19. The lowest BCUT2D eigenvalue weighted by atomic mass is 10.0. The van der Waals surface area contributed by atoms with Crippen molar-refractivity contribution in [2.24, 2.45) is 0 Å². The predicted molar refractivity (Wildman–Crippen MR) is 116 cm³/mol. The van der Waals surface area contributed by atoms with E-state index in [1.807, 2.05) is 54.9 Å². The molecule has 0 bridgehead atoms. The van der Waals surface area contributed by atoms with Crippen molar-refractivity contribution in [2.45, 2.75) is 53.2 Å². The van der Waals surface area contributed by atoms with Crippen LogP contribution in [0.4, 0.5) is 0 Å². The van der Waals surface area contributed by atoms with Crippen LogP contribution in [0.3, 0.4) is 0 Å². The smallest absolute Gasteiger partial charge is 0.261 e. The zero-order chi connectivity index (χ0) is 21.0. The minimum atomic E-state index is -0.567. The highest BCUT2D eigenvalue weighted by atomic mass is 16.5. The summed E-state index contributed by atoms with van der Waals surface area (Å²) in [6.07, 6.45) is 3.15. The molecule has 0 aliphatic carbocycles. The van der Waals surface area contributed by atoms with Gasteiger partial charge in [0, 0.05) is 24.6 Å². The Balaban J connectivity index is 1.59. The van der Waals surface area contributed by atoms with Crippen molar-refractivity contribution >= 4 is 5.91 Å². The molecule has 1 atom stereocenters. The van der Waals surface area contributed by atoms with E-state index in [4.69, 9.17) is 4.74 Å². The van der Waals surface area contributed by atoms with Gasteiger partial charge in [-0.25, -0.2) is 4.98 Å². The lowest BCUT2D eigenvalue weighted by Crippen LogP contribution is -2.36. The maximum atomic E-state index is 12.5. The molecule has 29 heavy (non-hydrogen) atoms. The number of benzene rings is 2. The number of aryl methyl sites for hydroxylation is 2. The molecule has 3 rings (SSSR count). The molecule has 0 saturated carbocycles. The first kappa shape index (κ1) is 20.6. The average Bonchev–Trinajstić information content (AvgIpc) is 3.12. The summed E-state index contributed by atoms with van der Waals surface area (Å²) < 4.78 is 8.02. The van der Waals surface area contributed by atoms with Gasteiger partial charge in [0.2, 0.25) is 0 Å². The van der Waals surface area contributed by atoms with Crippen LogP contribution in [-0.2, 0) is 11.3 Å². The monoisotopic (exact) mass is 391 g/mol. The molecule has 3 aromatic rings. The molecule has 0 aliphatic heterocycles. The van der Waals surface area contributed by atoms with Gasteiger partial charge in [0.25, 0.3) is 5.91 Å². The Bertz CT molecular complexity index is 974. The first-order valence-corrected chi connectivity index (χ1v) is 9.99. The van der Waals surface area contributed by atoms with Crippen molar-refractivity contribution in [3.63, 3.8) is 0 Å². The lowest BCUT2D eigenvalue weighted by molar-refractivity contribution is -0.127. The third-order valence-corrected chi connectivity index (χ3v) is 4.97. The van der Waals surface area contributed by atoms with E-state index in [2.05, 4.69) is 36.3 Å². The molecule has 1 N–H and O–H groups in total. The number of nitrogens with zero attached hydrogens (tertiary/aromatic N) is 2. The van der Waals surface area contributed by atoms with Gasteiger partial charge in [-0.15, -0.1) is 0 Å². The van der Waals surface area contributed by atoms with Crippen LogP contribution in [0, 0.1) is 13.8 Å². The second kappa shape index (κ2) is 8.95. The number of aromatic nitrogens is 2. The number of rotatable bonds is 7. The third kappa shape index (κ3) is 5.05. The van der Waals surface area contributed by atoms with Gasteiger partial charge in [-0.3, -0.25) is 4.79 Å². The largest absolute Gasteiger partial charge is 0.481 e. The van der Waals surface area contributed by atoms with Gasteiger partial charge in [-0.2, -0.15) is 0 Å². The van der Waals surface area contributed by atoms with Gasteiger partial charge in [0.15, 0.2) is 6.10 Å². The summed E-state index contributed by atoms with van der Waals surface area (Å²) in [6, 6.07) is 14.2. The molecule has 1 amide bonds. The highest BCUT2D eigenvalue weighted by molar-refractivity contribution is 5.80. The topological polar surface area (TPSA) is 56.1 Å². The van der Waals surface area contributed by atoms with E-state index in [-0.39, 0.29) is 5.91 Å². The Labute approximate surface area is 172 Å². The van der Waals surface area contributed by atoms with Gasteiger partial charge < -0.3 is 14.6 Å². The molecule has 0 aliphatic rings. The number of amides is 1. The number of hydrogen-bond acceptors (Lipinski definition) is 3. The molecule has 0 saturated heterocycles. The number of nitrogens with one attached hydrogen (secondary N) is 1. The van der Waals surface area contributed by atoms with Crippen molar-refractivity contribution in [1.29, 1.82) is 0 Å². The SMILES string of the molecule is Cc1ccc(C(C)C)c(O[C@@H](C)C(=O)NCc2ccc(-n3ccnc3C)cc2)c1. The molecule has 2 aromatic carbocycles. The molecular weight excluding hydrogens is 362 g/mol. The van der Waals surface area contributed by atoms with Crippen LogP contribution in [0.1, 0.15) is 49.2 Å². The summed E-state index contributed by atoms with van der Waals surface area (Å²) in [6.45, 7) is 10.5. The van der Waals surface area contributed by atoms with Gasteiger partial charge in [0.05, 0.1) is 0 Å². The van der Waals surface area contributed by atoms with E-state index in [0.717, 1.165) is 34.0 Å². The van der Waals surface area contributed by atoms with Gasteiger partial charge in [-0.05, 0) is 61.6 Å². The number of carbonyl (C=O) groups excluding carboxylic acids is 1.